The van der Waals surface area contributed by atoms with Crippen molar-refractivity contribution in [2.24, 2.45) is 0 Å². The number of urea groups is 1. The number of rotatable bonds is 7. The first-order chi connectivity index (χ1) is 15.5. The lowest BCUT2D eigenvalue weighted by Gasteiger charge is -2.29. The molecule has 0 saturated carbocycles. The summed E-state index contributed by atoms with van der Waals surface area (Å²) in [4.78, 5) is 29.5. The highest BCUT2D eigenvalue weighted by atomic mass is 32.2. The highest BCUT2D eigenvalue weighted by Gasteiger charge is 2.34. The number of thioether (sulfide) groups is 1. The van der Waals surface area contributed by atoms with Crippen LogP contribution in [0.2, 0.25) is 0 Å². The van der Waals surface area contributed by atoms with Gasteiger partial charge in [-0.05, 0) is 24.6 Å². The van der Waals surface area contributed by atoms with Crippen molar-refractivity contribution >= 4 is 34.8 Å². The number of amides is 2. The zero-order valence-corrected chi connectivity index (χ0v) is 17.9. The van der Waals surface area contributed by atoms with Crippen LogP contribution in [0.25, 0.3) is 11.0 Å². The van der Waals surface area contributed by atoms with Gasteiger partial charge < -0.3 is 15.4 Å². The van der Waals surface area contributed by atoms with Crippen LogP contribution in [-0.4, -0.2) is 33.9 Å². The first-order valence-electron chi connectivity index (χ1n) is 9.90. The minimum Gasteiger partial charge on any atom is -0.463 e. The summed E-state index contributed by atoms with van der Waals surface area (Å²) < 4.78 is 33.6. The number of hydrogen-bond donors (Lipinski definition) is 2. The molecule has 0 radical (unpaired) electrons. The first kappa shape index (κ1) is 21.8. The number of alkyl halides is 2. The standard InChI is InChI=1S/C22H20F2N4O3S/c1-2-31-19(29)17-15(25-21(30)27-18(17)13-8-4-3-5-9-13)12-32-22-26-14-10-6-7-11-16(14)28(22)20(23)24/h3-11,18,20H,2,12H2,1H3,(H2,25,27,30). The third-order valence-corrected chi connectivity index (χ3v) is 5.87. The predicted octanol–water partition coefficient (Wildman–Crippen LogP) is 4.39. The lowest BCUT2D eigenvalue weighted by atomic mass is 9.95. The van der Waals surface area contributed by atoms with Crippen LogP contribution in [0.3, 0.4) is 0 Å². The number of nitrogens with one attached hydrogen (secondary N) is 2. The number of ether oxygens (including phenoxy) is 1. The van der Waals surface area contributed by atoms with Gasteiger partial charge >= 0.3 is 18.5 Å². The molecule has 0 spiro atoms. The Balaban J connectivity index is 1.72. The van der Waals surface area contributed by atoms with Gasteiger partial charge in [-0.25, -0.2) is 14.6 Å². The number of fused-ring (bicyclic) bond motifs is 1. The van der Waals surface area contributed by atoms with Crippen LogP contribution in [-0.2, 0) is 9.53 Å². The number of hydrogen-bond acceptors (Lipinski definition) is 5. The molecular formula is C22H20F2N4O3S. The fourth-order valence-corrected chi connectivity index (χ4v) is 4.51. The number of benzene rings is 2. The van der Waals surface area contributed by atoms with Crippen LogP contribution in [0.15, 0.2) is 71.0 Å². The van der Waals surface area contributed by atoms with Crippen molar-refractivity contribution in [3.8, 4) is 0 Å². The van der Waals surface area contributed by atoms with Gasteiger partial charge in [0.05, 0.1) is 29.3 Å². The van der Waals surface area contributed by atoms with Gasteiger partial charge in [0.1, 0.15) is 0 Å². The second kappa shape index (κ2) is 9.39. The van der Waals surface area contributed by atoms with E-state index in [9.17, 15) is 18.4 Å². The minimum absolute atomic E-state index is 0.0426. The molecule has 2 aromatic carbocycles. The Morgan fingerprint density at radius 1 is 1.19 bits per heavy atom. The molecule has 0 fully saturated rings. The quantitative estimate of drug-likeness (QED) is 0.405. The molecule has 166 valence electrons. The van der Waals surface area contributed by atoms with E-state index in [0.717, 1.165) is 16.3 Å². The molecule has 1 aromatic heterocycles. The molecule has 1 aliphatic heterocycles. The molecule has 0 aliphatic carbocycles. The van der Waals surface area contributed by atoms with Crippen molar-refractivity contribution in [3.05, 3.63) is 71.4 Å². The molecule has 4 rings (SSSR count). The number of imidazole rings is 1. The fraction of sp³-hybridized carbons (Fsp3) is 0.227. The van der Waals surface area contributed by atoms with Crippen molar-refractivity contribution in [2.75, 3.05) is 12.4 Å². The highest BCUT2D eigenvalue weighted by Crippen LogP contribution is 2.33. The summed E-state index contributed by atoms with van der Waals surface area (Å²) in [5, 5.41) is 5.47. The van der Waals surface area contributed by atoms with Crippen LogP contribution in [0.4, 0.5) is 13.6 Å². The Morgan fingerprint density at radius 2 is 1.91 bits per heavy atom. The van der Waals surface area contributed by atoms with Gasteiger partial charge in [0, 0.05) is 11.4 Å². The monoisotopic (exact) mass is 458 g/mol. The Labute approximate surface area is 186 Å². The van der Waals surface area contributed by atoms with E-state index in [1.54, 1.807) is 55.5 Å². The maximum Gasteiger partial charge on any atom is 0.338 e. The Hall–Kier alpha value is -3.40. The van der Waals surface area contributed by atoms with Crippen molar-refractivity contribution in [3.63, 3.8) is 0 Å². The second-order valence-electron chi connectivity index (χ2n) is 6.87. The summed E-state index contributed by atoms with van der Waals surface area (Å²) in [5.41, 5.74) is 1.96. The van der Waals surface area contributed by atoms with Gasteiger partial charge in [-0.3, -0.25) is 4.57 Å². The molecule has 2 amide bonds. The lowest BCUT2D eigenvalue weighted by molar-refractivity contribution is -0.139. The average molecular weight is 458 g/mol. The predicted molar refractivity (Wildman–Crippen MR) is 116 cm³/mol. The summed E-state index contributed by atoms with van der Waals surface area (Å²) in [6.45, 7) is -0.952. The van der Waals surface area contributed by atoms with E-state index in [-0.39, 0.29) is 23.1 Å². The Bertz CT molecular complexity index is 1180. The van der Waals surface area contributed by atoms with Crippen LogP contribution in [0.5, 0.6) is 0 Å². The summed E-state index contributed by atoms with van der Waals surface area (Å²) in [6, 6.07) is 14.4. The summed E-state index contributed by atoms with van der Waals surface area (Å²) in [7, 11) is 0. The summed E-state index contributed by atoms with van der Waals surface area (Å²) in [6.07, 6.45) is 0. The van der Waals surface area contributed by atoms with E-state index in [1.165, 1.54) is 0 Å². The molecule has 0 bridgehead atoms. The van der Waals surface area contributed by atoms with Crippen LogP contribution in [0, 0.1) is 0 Å². The Kier molecular flexibility index (Phi) is 6.40. The molecule has 3 aromatic rings. The summed E-state index contributed by atoms with van der Waals surface area (Å²) >= 11 is 1.01. The van der Waals surface area contributed by atoms with Crippen LogP contribution in [0.1, 0.15) is 25.1 Å². The van der Waals surface area contributed by atoms with Crippen LogP contribution >= 0.6 is 11.8 Å². The maximum atomic E-state index is 13.8. The lowest BCUT2D eigenvalue weighted by Crippen LogP contribution is -2.46. The third kappa shape index (κ3) is 4.31. The molecule has 32 heavy (non-hydrogen) atoms. The number of carbonyl (C=O) groups is 2. The number of carbonyl (C=O) groups excluding carboxylic acids is 2. The van der Waals surface area contributed by atoms with Gasteiger partial charge in [0.15, 0.2) is 5.16 Å². The van der Waals surface area contributed by atoms with E-state index in [1.807, 2.05) is 6.07 Å². The first-order valence-corrected chi connectivity index (χ1v) is 10.9. The SMILES string of the molecule is CCOC(=O)C1=C(CSc2nc3ccccc3n2C(F)F)NC(=O)NC1c1ccccc1. The zero-order valence-electron chi connectivity index (χ0n) is 17.0. The molecule has 2 N–H and O–H groups in total. The van der Waals surface area contributed by atoms with Crippen molar-refractivity contribution in [1.29, 1.82) is 0 Å². The second-order valence-corrected chi connectivity index (χ2v) is 7.82. The van der Waals surface area contributed by atoms with Gasteiger partial charge in [-0.1, -0.05) is 54.2 Å². The largest absolute Gasteiger partial charge is 0.463 e. The van der Waals surface area contributed by atoms with E-state index in [0.29, 0.717) is 22.3 Å². The van der Waals surface area contributed by atoms with Crippen molar-refractivity contribution < 1.29 is 23.1 Å². The van der Waals surface area contributed by atoms with Crippen LogP contribution < -0.4 is 10.6 Å². The Morgan fingerprint density at radius 3 is 2.62 bits per heavy atom. The molecular weight excluding hydrogens is 438 g/mol. The molecule has 10 heteroatoms. The number of esters is 1. The van der Waals surface area contributed by atoms with Crippen molar-refractivity contribution in [1.82, 2.24) is 20.2 Å². The molecule has 1 unspecified atom stereocenters. The molecule has 0 saturated heterocycles. The van der Waals surface area contributed by atoms with Gasteiger partial charge in [0.25, 0.3) is 0 Å². The number of para-hydroxylation sites is 2. The molecule has 1 aliphatic rings. The van der Waals surface area contributed by atoms with Crippen molar-refractivity contribution in [2.45, 2.75) is 24.7 Å². The average Bonchev–Trinajstić information content (AvgIpc) is 3.16. The van der Waals surface area contributed by atoms with Gasteiger partial charge in [0.2, 0.25) is 0 Å². The maximum absolute atomic E-state index is 13.8. The van der Waals surface area contributed by atoms with E-state index >= 15 is 0 Å². The van der Waals surface area contributed by atoms with Gasteiger partial charge in [-0.15, -0.1) is 0 Å². The number of nitrogens with zero attached hydrogens (tertiary/aromatic N) is 2. The van der Waals surface area contributed by atoms with Gasteiger partial charge in [-0.2, -0.15) is 8.78 Å². The smallest absolute Gasteiger partial charge is 0.338 e. The fourth-order valence-electron chi connectivity index (χ4n) is 3.53. The topological polar surface area (TPSA) is 85.2 Å². The third-order valence-electron chi connectivity index (χ3n) is 4.89. The molecule has 1 atom stereocenters. The minimum atomic E-state index is -2.79. The van der Waals surface area contributed by atoms with E-state index < -0.39 is 24.6 Å². The zero-order chi connectivity index (χ0) is 22.7. The summed E-state index contributed by atoms with van der Waals surface area (Å²) in [5.74, 6) is -0.548. The number of aromatic nitrogens is 2. The molecule has 2 heterocycles. The van der Waals surface area contributed by atoms with E-state index in [2.05, 4.69) is 15.6 Å². The number of halogens is 2. The molecule has 7 nitrogen and oxygen atoms in total. The highest BCUT2D eigenvalue weighted by molar-refractivity contribution is 7.99. The van der Waals surface area contributed by atoms with E-state index in [4.69, 9.17) is 4.74 Å². The normalized spacial score (nSPS) is 16.2.